The fourth-order valence-electron chi connectivity index (χ4n) is 1.81. The number of carbonyl (C=O) groups is 2. The number of aromatic nitrogens is 1. The zero-order valence-corrected chi connectivity index (χ0v) is 12.6. The molecule has 6 nitrogen and oxygen atoms in total. The zero-order valence-electron chi connectivity index (χ0n) is 12.6. The SMILES string of the molecule is CCCC(CNC(=O)c1ccc(OC(C)C)nc1)C(=O)O. The highest BCUT2D eigenvalue weighted by Gasteiger charge is 2.17. The first kappa shape index (κ1) is 16.9. The minimum atomic E-state index is -0.893. The van der Waals surface area contributed by atoms with E-state index < -0.39 is 11.9 Å². The summed E-state index contributed by atoms with van der Waals surface area (Å²) in [7, 11) is 0. The maximum Gasteiger partial charge on any atom is 0.308 e. The minimum Gasteiger partial charge on any atom is -0.481 e. The zero-order chi connectivity index (χ0) is 15.8. The summed E-state index contributed by atoms with van der Waals surface area (Å²) in [5.74, 6) is -1.33. The van der Waals surface area contributed by atoms with Gasteiger partial charge >= 0.3 is 5.97 Å². The van der Waals surface area contributed by atoms with E-state index in [1.54, 1.807) is 12.1 Å². The van der Waals surface area contributed by atoms with E-state index in [1.807, 2.05) is 20.8 Å². The number of nitrogens with one attached hydrogen (secondary N) is 1. The van der Waals surface area contributed by atoms with Crippen molar-refractivity contribution in [3.05, 3.63) is 23.9 Å². The van der Waals surface area contributed by atoms with Crippen molar-refractivity contribution in [1.29, 1.82) is 0 Å². The van der Waals surface area contributed by atoms with Gasteiger partial charge in [-0.15, -0.1) is 0 Å². The molecule has 1 aromatic rings. The van der Waals surface area contributed by atoms with Crippen LogP contribution in [-0.4, -0.2) is 34.6 Å². The van der Waals surface area contributed by atoms with Gasteiger partial charge in [0.2, 0.25) is 5.88 Å². The molecule has 1 heterocycles. The van der Waals surface area contributed by atoms with E-state index in [-0.39, 0.29) is 18.6 Å². The van der Waals surface area contributed by atoms with Crippen LogP contribution in [0.1, 0.15) is 44.0 Å². The Bertz CT molecular complexity index is 471. The molecule has 0 fully saturated rings. The number of carboxylic acids is 1. The number of hydrogen-bond donors (Lipinski definition) is 2. The standard InChI is InChI=1S/C15H22N2O4/c1-4-5-12(15(19)20)9-17-14(18)11-6-7-13(16-8-11)21-10(2)3/h6-8,10,12H,4-5,9H2,1-3H3,(H,17,18)(H,19,20). The molecule has 21 heavy (non-hydrogen) atoms. The quantitative estimate of drug-likeness (QED) is 0.766. The Labute approximate surface area is 124 Å². The van der Waals surface area contributed by atoms with Gasteiger partial charge < -0.3 is 15.2 Å². The van der Waals surface area contributed by atoms with Crippen LogP contribution in [0.15, 0.2) is 18.3 Å². The topological polar surface area (TPSA) is 88.5 Å². The summed E-state index contributed by atoms with van der Waals surface area (Å²) in [6, 6.07) is 3.23. The van der Waals surface area contributed by atoms with Crippen molar-refractivity contribution in [2.45, 2.75) is 39.7 Å². The molecule has 0 aliphatic carbocycles. The lowest BCUT2D eigenvalue weighted by atomic mass is 10.0. The molecule has 2 N–H and O–H groups in total. The van der Waals surface area contributed by atoms with Gasteiger partial charge in [0.25, 0.3) is 5.91 Å². The Morgan fingerprint density at radius 1 is 1.38 bits per heavy atom. The van der Waals surface area contributed by atoms with Crippen molar-refractivity contribution < 1.29 is 19.4 Å². The van der Waals surface area contributed by atoms with Crippen molar-refractivity contribution in [3.63, 3.8) is 0 Å². The van der Waals surface area contributed by atoms with Gasteiger partial charge in [0.05, 0.1) is 17.6 Å². The number of aliphatic carboxylic acids is 1. The average Bonchev–Trinajstić information content (AvgIpc) is 2.43. The summed E-state index contributed by atoms with van der Waals surface area (Å²) in [5, 5.41) is 11.7. The predicted molar refractivity (Wildman–Crippen MR) is 78.4 cm³/mol. The number of nitrogens with zero attached hydrogens (tertiary/aromatic N) is 1. The number of hydrogen-bond acceptors (Lipinski definition) is 4. The van der Waals surface area contributed by atoms with Crippen LogP contribution in [0.25, 0.3) is 0 Å². The summed E-state index contributed by atoms with van der Waals surface area (Å²) in [6.45, 7) is 5.81. The van der Waals surface area contributed by atoms with Crippen molar-refractivity contribution in [1.82, 2.24) is 10.3 Å². The first-order chi connectivity index (χ1) is 9.93. The van der Waals surface area contributed by atoms with E-state index in [1.165, 1.54) is 6.20 Å². The first-order valence-corrected chi connectivity index (χ1v) is 7.07. The van der Waals surface area contributed by atoms with Gasteiger partial charge in [-0.05, 0) is 26.3 Å². The highest BCUT2D eigenvalue weighted by Crippen LogP contribution is 2.10. The number of ether oxygens (including phenoxy) is 1. The number of rotatable bonds is 8. The van der Waals surface area contributed by atoms with Crippen LogP contribution in [0.3, 0.4) is 0 Å². The molecule has 1 atom stereocenters. The summed E-state index contributed by atoms with van der Waals surface area (Å²) in [4.78, 5) is 27.0. The Morgan fingerprint density at radius 2 is 2.10 bits per heavy atom. The fourth-order valence-corrected chi connectivity index (χ4v) is 1.81. The average molecular weight is 294 g/mol. The number of carboxylic acid groups (broad SMARTS) is 1. The van der Waals surface area contributed by atoms with Gasteiger partial charge in [-0.2, -0.15) is 0 Å². The molecule has 0 aliphatic rings. The number of carbonyl (C=O) groups excluding carboxylic acids is 1. The molecule has 0 saturated carbocycles. The Balaban J connectivity index is 2.57. The van der Waals surface area contributed by atoms with Crippen molar-refractivity contribution >= 4 is 11.9 Å². The third-order valence-electron chi connectivity index (χ3n) is 2.85. The Hall–Kier alpha value is -2.11. The third kappa shape index (κ3) is 5.81. The van der Waals surface area contributed by atoms with E-state index in [4.69, 9.17) is 9.84 Å². The maximum absolute atomic E-state index is 11.9. The lowest BCUT2D eigenvalue weighted by molar-refractivity contribution is -0.141. The van der Waals surface area contributed by atoms with E-state index in [2.05, 4.69) is 10.3 Å². The molecule has 0 saturated heterocycles. The highest BCUT2D eigenvalue weighted by molar-refractivity contribution is 5.94. The fraction of sp³-hybridized carbons (Fsp3) is 0.533. The molecular formula is C15H22N2O4. The van der Waals surface area contributed by atoms with Gasteiger partial charge in [0, 0.05) is 18.8 Å². The lowest BCUT2D eigenvalue weighted by Crippen LogP contribution is -2.33. The van der Waals surface area contributed by atoms with Crippen molar-refractivity contribution in [3.8, 4) is 5.88 Å². The monoisotopic (exact) mass is 294 g/mol. The lowest BCUT2D eigenvalue weighted by Gasteiger charge is -2.12. The third-order valence-corrected chi connectivity index (χ3v) is 2.85. The van der Waals surface area contributed by atoms with Crippen LogP contribution < -0.4 is 10.1 Å². The largest absolute Gasteiger partial charge is 0.481 e. The number of pyridine rings is 1. The number of amides is 1. The van der Waals surface area contributed by atoms with E-state index >= 15 is 0 Å². The van der Waals surface area contributed by atoms with Crippen LogP contribution in [-0.2, 0) is 4.79 Å². The molecule has 116 valence electrons. The second-order valence-electron chi connectivity index (χ2n) is 5.09. The molecule has 0 radical (unpaired) electrons. The van der Waals surface area contributed by atoms with Crippen molar-refractivity contribution in [2.75, 3.05) is 6.54 Å². The van der Waals surface area contributed by atoms with Crippen LogP contribution in [0.4, 0.5) is 0 Å². The highest BCUT2D eigenvalue weighted by atomic mass is 16.5. The molecule has 1 amide bonds. The molecule has 1 rings (SSSR count). The van der Waals surface area contributed by atoms with E-state index in [0.29, 0.717) is 17.9 Å². The van der Waals surface area contributed by atoms with Gasteiger partial charge in [0.15, 0.2) is 0 Å². The van der Waals surface area contributed by atoms with Gasteiger partial charge in [-0.25, -0.2) is 4.98 Å². The summed E-state index contributed by atoms with van der Waals surface area (Å²) in [5.41, 5.74) is 0.381. The maximum atomic E-state index is 11.9. The van der Waals surface area contributed by atoms with Gasteiger partial charge in [-0.3, -0.25) is 9.59 Å². The van der Waals surface area contributed by atoms with Gasteiger partial charge in [0.1, 0.15) is 0 Å². The molecule has 0 aromatic carbocycles. The Morgan fingerprint density at radius 3 is 2.57 bits per heavy atom. The molecular weight excluding hydrogens is 272 g/mol. The summed E-state index contributed by atoms with van der Waals surface area (Å²) < 4.78 is 5.39. The van der Waals surface area contributed by atoms with Crippen LogP contribution >= 0.6 is 0 Å². The second kappa shape index (κ2) is 8.24. The Kier molecular flexibility index (Phi) is 6.65. The second-order valence-corrected chi connectivity index (χ2v) is 5.09. The molecule has 0 aliphatic heterocycles. The van der Waals surface area contributed by atoms with Gasteiger partial charge in [-0.1, -0.05) is 13.3 Å². The smallest absolute Gasteiger partial charge is 0.308 e. The molecule has 1 unspecified atom stereocenters. The molecule has 1 aromatic heterocycles. The van der Waals surface area contributed by atoms with Crippen LogP contribution in [0, 0.1) is 5.92 Å². The molecule has 0 bridgehead atoms. The first-order valence-electron chi connectivity index (χ1n) is 7.07. The minimum absolute atomic E-state index is 0.0162. The predicted octanol–water partition coefficient (Wildman–Crippen LogP) is 2.10. The van der Waals surface area contributed by atoms with Crippen molar-refractivity contribution in [2.24, 2.45) is 5.92 Å². The van der Waals surface area contributed by atoms with Crippen LogP contribution in [0.5, 0.6) is 5.88 Å². The normalized spacial score (nSPS) is 12.0. The van der Waals surface area contributed by atoms with E-state index in [0.717, 1.165) is 6.42 Å². The summed E-state index contributed by atoms with van der Waals surface area (Å²) >= 11 is 0. The molecule has 0 spiro atoms. The molecule has 6 heteroatoms. The van der Waals surface area contributed by atoms with E-state index in [9.17, 15) is 9.59 Å². The van der Waals surface area contributed by atoms with Crippen LogP contribution in [0.2, 0.25) is 0 Å². The summed E-state index contributed by atoms with van der Waals surface area (Å²) in [6.07, 6.45) is 2.73.